The lowest BCUT2D eigenvalue weighted by atomic mass is 9.95. The Morgan fingerprint density at radius 2 is 2.44 bits per heavy atom. The predicted molar refractivity (Wildman–Crippen MR) is 65.4 cm³/mol. The molecule has 1 N–H and O–H groups in total. The average Bonchev–Trinajstić information content (AvgIpc) is 2.60. The highest BCUT2D eigenvalue weighted by atomic mass is 35.5. The molecule has 1 aromatic heterocycles. The Kier molecular flexibility index (Phi) is 3.66. The van der Waals surface area contributed by atoms with Crippen molar-refractivity contribution in [1.82, 2.24) is 9.78 Å². The van der Waals surface area contributed by atoms with Crippen molar-refractivity contribution >= 4 is 17.2 Å². The monoisotopic (exact) mass is 240 g/mol. The Balaban J connectivity index is 2.34. The van der Waals surface area contributed by atoms with E-state index in [0.29, 0.717) is 5.02 Å². The van der Waals surface area contributed by atoms with Crippen molar-refractivity contribution in [2.45, 2.75) is 45.3 Å². The largest absolute Gasteiger partial charge is 0.389 e. The number of aromatic nitrogens is 2. The second-order valence-corrected chi connectivity index (χ2v) is 4.62. The Hall–Kier alpha value is -0.800. The quantitative estimate of drug-likeness (QED) is 0.882. The molecule has 16 heavy (non-hydrogen) atoms. The Morgan fingerprint density at radius 3 is 3.12 bits per heavy atom. The van der Waals surface area contributed by atoms with Gasteiger partial charge in [-0.3, -0.25) is 4.68 Å². The highest BCUT2D eigenvalue weighted by Gasteiger charge is 2.18. The first-order valence-corrected chi connectivity index (χ1v) is 6.20. The number of hydrogen-bond acceptors (Lipinski definition) is 2. The summed E-state index contributed by atoms with van der Waals surface area (Å²) in [6.07, 6.45) is 7.15. The Bertz CT molecular complexity index is 398. The zero-order valence-corrected chi connectivity index (χ0v) is 10.2. The molecule has 0 amide bonds. The van der Waals surface area contributed by atoms with Gasteiger partial charge >= 0.3 is 0 Å². The molecule has 3 nitrogen and oxygen atoms in total. The maximum absolute atomic E-state index is 9.64. The van der Waals surface area contributed by atoms with Gasteiger partial charge in [0, 0.05) is 6.54 Å². The molecule has 0 aliphatic heterocycles. The third-order valence-electron chi connectivity index (χ3n) is 2.87. The van der Waals surface area contributed by atoms with E-state index < -0.39 is 0 Å². The van der Waals surface area contributed by atoms with Crippen molar-refractivity contribution < 1.29 is 5.11 Å². The van der Waals surface area contributed by atoms with Crippen LogP contribution >= 0.6 is 11.6 Å². The molecule has 0 aromatic carbocycles. The lowest BCUT2D eigenvalue weighted by molar-refractivity contribution is 0.206. The van der Waals surface area contributed by atoms with Gasteiger partial charge in [0.25, 0.3) is 0 Å². The smallest absolute Gasteiger partial charge is 0.0862 e. The molecule has 88 valence electrons. The molecule has 1 atom stereocenters. The molecule has 0 saturated heterocycles. The number of rotatable bonds is 3. The minimum Gasteiger partial charge on any atom is -0.389 e. The number of aliphatic hydroxyl groups is 1. The lowest BCUT2D eigenvalue weighted by Gasteiger charge is -2.18. The molecular weight excluding hydrogens is 224 g/mol. The fourth-order valence-corrected chi connectivity index (χ4v) is 2.42. The van der Waals surface area contributed by atoms with Crippen LogP contribution in [0, 0.1) is 0 Å². The van der Waals surface area contributed by atoms with Crippen LogP contribution in [-0.2, 0) is 6.54 Å². The summed E-state index contributed by atoms with van der Waals surface area (Å²) in [6, 6.07) is 0. The van der Waals surface area contributed by atoms with Crippen molar-refractivity contribution in [3.63, 3.8) is 0 Å². The van der Waals surface area contributed by atoms with E-state index >= 15 is 0 Å². The number of allylic oxidation sites excluding steroid dienone is 1. The van der Waals surface area contributed by atoms with Crippen LogP contribution in [0.3, 0.4) is 0 Å². The minimum absolute atomic E-state index is 0.329. The number of aryl methyl sites for hydroxylation is 1. The number of halogens is 1. The van der Waals surface area contributed by atoms with Crippen LogP contribution in [0.4, 0.5) is 0 Å². The van der Waals surface area contributed by atoms with E-state index in [4.69, 9.17) is 11.6 Å². The highest BCUT2D eigenvalue weighted by Crippen LogP contribution is 2.31. The third-order valence-corrected chi connectivity index (χ3v) is 3.15. The van der Waals surface area contributed by atoms with Gasteiger partial charge in [-0.1, -0.05) is 24.6 Å². The Labute approximate surface area is 101 Å². The van der Waals surface area contributed by atoms with Gasteiger partial charge in [0.1, 0.15) is 0 Å². The van der Waals surface area contributed by atoms with Crippen molar-refractivity contribution in [3.05, 3.63) is 23.0 Å². The van der Waals surface area contributed by atoms with Crippen LogP contribution in [0.25, 0.3) is 5.57 Å². The van der Waals surface area contributed by atoms with Crippen molar-refractivity contribution in [3.8, 4) is 0 Å². The summed E-state index contributed by atoms with van der Waals surface area (Å²) >= 11 is 6.16. The van der Waals surface area contributed by atoms with E-state index in [1.165, 1.54) is 0 Å². The topological polar surface area (TPSA) is 38.0 Å². The summed E-state index contributed by atoms with van der Waals surface area (Å²) in [5.41, 5.74) is 2.12. The second-order valence-electron chi connectivity index (χ2n) is 4.22. The highest BCUT2D eigenvalue weighted by molar-refractivity contribution is 6.32. The summed E-state index contributed by atoms with van der Waals surface area (Å²) in [7, 11) is 0. The molecule has 1 aliphatic carbocycles. The van der Waals surface area contributed by atoms with Gasteiger partial charge in [-0.25, -0.2) is 0 Å². The van der Waals surface area contributed by atoms with E-state index in [0.717, 1.165) is 43.5 Å². The minimum atomic E-state index is -0.329. The van der Waals surface area contributed by atoms with Gasteiger partial charge in [-0.15, -0.1) is 0 Å². The summed E-state index contributed by atoms with van der Waals surface area (Å²) in [5, 5.41) is 14.6. The van der Waals surface area contributed by atoms with Gasteiger partial charge in [0.2, 0.25) is 0 Å². The van der Waals surface area contributed by atoms with Crippen molar-refractivity contribution in [2.24, 2.45) is 0 Å². The van der Waals surface area contributed by atoms with Crippen LogP contribution < -0.4 is 0 Å². The molecule has 0 radical (unpaired) electrons. The van der Waals surface area contributed by atoms with Gasteiger partial charge in [0.05, 0.1) is 23.0 Å². The second kappa shape index (κ2) is 5.02. The van der Waals surface area contributed by atoms with Crippen molar-refractivity contribution in [1.29, 1.82) is 0 Å². The zero-order valence-electron chi connectivity index (χ0n) is 9.49. The summed E-state index contributed by atoms with van der Waals surface area (Å²) in [6.45, 7) is 2.99. The molecule has 1 aromatic rings. The van der Waals surface area contributed by atoms with Crippen LogP contribution in [0.1, 0.15) is 38.3 Å². The normalized spacial score (nSPS) is 20.9. The first-order valence-electron chi connectivity index (χ1n) is 5.82. The fraction of sp³-hybridized carbons (Fsp3) is 0.583. The van der Waals surface area contributed by atoms with Gasteiger partial charge in [-0.05, 0) is 31.3 Å². The van der Waals surface area contributed by atoms with Crippen LogP contribution in [0.5, 0.6) is 0 Å². The molecule has 4 heteroatoms. The molecule has 1 heterocycles. The van der Waals surface area contributed by atoms with Gasteiger partial charge < -0.3 is 5.11 Å². The van der Waals surface area contributed by atoms with Crippen molar-refractivity contribution in [2.75, 3.05) is 0 Å². The molecule has 2 rings (SSSR count). The maximum Gasteiger partial charge on any atom is 0.0862 e. The number of hydrogen-bond donors (Lipinski definition) is 1. The van der Waals surface area contributed by atoms with Gasteiger partial charge in [0.15, 0.2) is 0 Å². The first-order chi connectivity index (χ1) is 7.72. The number of aliphatic hydroxyl groups excluding tert-OH is 1. The predicted octanol–water partition coefficient (Wildman–Crippen LogP) is 2.87. The van der Waals surface area contributed by atoms with E-state index in [-0.39, 0.29) is 6.10 Å². The molecule has 0 spiro atoms. The van der Waals surface area contributed by atoms with E-state index in [1.807, 2.05) is 10.8 Å². The van der Waals surface area contributed by atoms with Crippen LogP contribution in [-0.4, -0.2) is 21.0 Å². The standard InChI is InChI=1S/C12H17ClN2O/c1-2-6-15-12(11(13)8-14-15)9-4-3-5-10(16)7-9/h7-8,10,16H,2-6H2,1H3. The SMILES string of the molecule is CCCn1ncc(Cl)c1C1=CC(O)CCC1. The van der Waals surface area contributed by atoms with Crippen LogP contribution in [0.2, 0.25) is 5.02 Å². The molecule has 0 saturated carbocycles. The zero-order chi connectivity index (χ0) is 11.5. The molecular formula is C12H17ClN2O. The summed E-state index contributed by atoms with van der Waals surface area (Å²) < 4.78 is 1.94. The Morgan fingerprint density at radius 1 is 1.62 bits per heavy atom. The maximum atomic E-state index is 9.64. The number of nitrogens with zero attached hydrogens (tertiary/aromatic N) is 2. The third kappa shape index (κ3) is 2.30. The molecule has 1 aliphatic rings. The summed E-state index contributed by atoms with van der Waals surface area (Å²) in [4.78, 5) is 0. The fourth-order valence-electron chi connectivity index (χ4n) is 2.16. The average molecular weight is 241 g/mol. The first kappa shape index (κ1) is 11.7. The van der Waals surface area contributed by atoms with Gasteiger partial charge in [-0.2, -0.15) is 5.10 Å². The van der Waals surface area contributed by atoms with E-state index in [1.54, 1.807) is 6.20 Å². The summed E-state index contributed by atoms with van der Waals surface area (Å²) in [5.74, 6) is 0. The molecule has 1 unspecified atom stereocenters. The lowest BCUT2D eigenvalue weighted by Crippen LogP contribution is -2.11. The van der Waals surface area contributed by atoms with E-state index in [9.17, 15) is 5.11 Å². The van der Waals surface area contributed by atoms with Crippen LogP contribution in [0.15, 0.2) is 12.3 Å². The molecule has 0 fully saturated rings. The van der Waals surface area contributed by atoms with E-state index in [2.05, 4.69) is 12.0 Å². The molecule has 0 bridgehead atoms.